The van der Waals surface area contributed by atoms with Crippen LogP contribution in [0.25, 0.3) is 33.2 Å². The van der Waals surface area contributed by atoms with Gasteiger partial charge in [-0.15, -0.1) is 5.10 Å². The van der Waals surface area contributed by atoms with Gasteiger partial charge >= 0.3 is 0 Å². The standard InChI is InChI=1S/C41H41FN8O5Si/c1-25-37(56(2,3)42)36(18-20-47-24-27(19-21-51)43-46-47)55-41(25)32-22-29(50-39(53)31-9-5-7-11-34(31)45-50)16-17-35(32)48(40(41)54)23-26-12-14-28(15-13-26)49-38(52)30-8-4-6-10-33(30)44-49/h4-17,22,24-25,36-37,44-45,51H,18-21,23H2,1-3H3/t25-,36+,37-,41+/m0/s1. The van der Waals surface area contributed by atoms with Crippen molar-refractivity contribution >= 4 is 41.8 Å². The van der Waals surface area contributed by atoms with Crippen molar-refractivity contribution < 1.29 is 18.7 Å². The molecule has 1 amide bonds. The molecule has 9 rings (SSSR count). The first kappa shape index (κ1) is 35.8. The van der Waals surface area contributed by atoms with Crippen molar-refractivity contribution in [2.24, 2.45) is 5.92 Å². The van der Waals surface area contributed by atoms with Gasteiger partial charge in [-0.2, -0.15) is 0 Å². The van der Waals surface area contributed by atoms with Crippen LogP contribution in [0.5, 0.6) is 0 Å². The first-order chi connectivity index (χ1) is 27.0. The minimum atomic E-state index is -3.47. The number of hydrogen-bond acceptors (Lipinski definition) is 7. The van der Waals surface area contributed by atoms with Crippen LogP contribution < -0.4 is 16.0 Å². The number of carbonyl (C=O) groups excluding carboxylic acids is 1. The van der Waals surface area contributed by atoms with Crippen molar-refractivity contribution in [3.63, 3.8) is 0 Å². The zero-order valence-electron chi connectivity index (χ0n) is 31.1. The predicted octanol–water partition coefficient (Wildman–Crippen LogP) is 5.49. The van der Waals surface area contributed by atoms with Gasteiger partial charge in [0.05, 0.1) is 57.2 Å². The summed E-state index contributed by atoms with van der Waals surface area (Å²) in [7, 11) is -3.47. The number of fused-ring (bicyclic) bond motifs is 4. The lowest BCUT2D eigenvalue weighted by molar-refractivity contribution is -0.146. The number of amides is 1. The average Bonchev–Trinajstić information content (AvgIpc) is 3.99. The number of aryl methyl sites for hydroxylation is 1. The van der Waals surface area contributed by atoms with E-state index in [1.54, 1.807) is 47.1 Å². The van der Waals surface area contributed by atoms with Gasteiger partial charge in [0, 0.05) is 42.8 Å². The first-order valence-electron chi connectivity index (χ1n) is 18.8. The van der Waals surface area contributed by atoms with Crippen LogP contribution in [0.4, 0.5) is 9.80 Å². The van der Waals surface area contributed by atoms with Gasteiger partial charge in [0.25, 0.3) is 17.0 Å². The summed E-state index contributed by atoms with van der Waals surface area (Å²) in [5, 5.41) is 25.2. The van der Waals surface area contributed by atoms with Crippen LogP contribution in [0.2, 0.25) is 18.6 Å². The summed E-state index contributed by atoms with van der Waals surface area (Å²) >= 11 is 0. The van der Waals surface area contributed by atoms with Crippen molar-refractivity contribution in [2.45, 2.75) is 63.2 Å². The Labute approximate surface area is 321 Å². The van der Waals surface area contributed by atoms with Crippen LogP contribution in [-0.4, -0.2) is 66.7 Å². The molecule has 5 heterocycles. The van der Waals surface area contributed by atoms with Crippen LogP contribution in [0.1, 0.15) is 30.2 Å². The third-order valence-electron chi connectivity index (χ3n) is 11.5. The van der Waals surface area contributed by atoms with Gasteiger partial charge in [0.2, 0.25) is 8.41 Å². The number of hydrogen-bond donors (Lipinski definition) is 3. The summed E-state index contributed by atoms with van der Waals surface area (Å²) in [6.45, 7) is 5.76. The fourth-order valence-electron chi connectivity index (χ4n) is 8.95. The number of H-pyrrole nitrogens is 2. The lowest BCUT2D eigenvalue weighted by Crippen LogP contribution is -2.45. The van der Waals surface area contributed by atoms with Gasteiger partial charge in [-0.25, -0.2) is 9.36 Å². The largest absolute Gasteiger partial charge is 0.396 e. The summed E-state index contributed by atoms with van der Waals surface area (Å²) in [6, 6.07) is 27.5. The van der Waals surface area contributed by atoms with Gasteiger partial charge < -0.3 is 18.9 Å². The highest BCUT2D eigenvalue weighted by atomic mass is 28.4. The van der Waals surface area contributed by atoms with E-state index < -0.39 is 31.6 Å². The van der Waals surface area contributed by atoms with Gasteiger partial charge in [-0.3, -0.25) is 29.3 Å². The Kier molecular flexibility index (Phi) is 8.56. The summed E-state index contributed by atoms with van der Waals surface area (Å²) in [5.74, 6) is -0.851. The van der Waals surface area contributed by atoms with Crippen molar-refractivity contribution in [3.8, 4) is 11.4 Å². The van der Waals surface area contributed by atoms with Crippen molar-refractivity contribution in [1.29, 1.82) is 0 Å². The topological polar surface area (TPSA) is 156 Å². The molecule has 2 aliphatic heterocycles. The maximum Gasteiger partial charge on any atom is 0.279 e. The van der Waals surface area contributed by atoms with E-state index in [1.165, 1.54) is 9.36 Å². The van der Waals surface area contributed by atoms with E-state index in [9.17, 15) is 14.7 Å². The molecule has 1 spiro atoms. The molecule has 56 heavy (non-hydrogen) atoms. The van der Waals surface area contributed by atoms with E-state index in [0.29, 0.717) is 64.0 Å². The Morgan fingerprint density at radius 1 is 0.875 bits per heavy atom. The van der Waals surface area contributed by atoms with Gasteiger partial charge in [0.15, 0.2) is 5.60 Å². The number of aliphatic hydroxyl groups is 1. The van der Waals surface area contributed by atoms with E-state index in [4.69, 9.17) is 4.74 Å². The van der Waals surface area contributed by atoms with Crippen LogP contribution in [-0.2, 0) is 34.6 Å². The zero-order valence-corrected chi connectivity index (χ0v) is 32.1. The molecule has 0 saturated carbocycles. The molecular weight excluding hydrogens is 732 g/mol. The minimum Gasteiger partial charge on any atom is -0.396 e. The number of ether oxygens (including phenoxy) is 1. The summed E-state index contributed by atoms with van der Waals surface area (Å²) in [5.41, 5.74) is 2.78. The van der Waals surface area contributed by atoms with E-state index >= 15 is 8.90 Å². The van der Waals surface area contributed by atoms with Gasteiger partial charge in [-0.05, 0) is 79.7 Å². The smallest absolute Gasteiger partial charge is 0.279 e. The quantitative estimate of drug-likeness (QED) is 0.123. The molecule has 0 radical (unpaired) electrons. The Hall–Kier alpha value is -5.90. The fourth-order valence-corrected chi connectivity index (χ4v) is 11.5. The normalized spacial score (nSPS) is 20.9. The second-order valence-electron chi connectivity index (χ2n) is 15.4. The Bertz CT molecular complexity index is 2740. The molecule has 0 bridgehead atoms. The van der Waals surface area contributed by atoms with Crippen LogP contribution in [0.15, 0.2) is 107 Å². The molecule has 286 valence electrons. The van der Waals surface area contributed by atoms with Crippen molar-refractivity contribution in [2.75, 3.05) is 11.5 Å². The average molecular weight is 773 g/mol. The highest BCUT2D eigenvalue weighted by Gasteiger charge is 2.66. The Morgan fingerprint density at radius 2 is 1.50 bits per heavy atom. The second kappa shape index (κ2) is 13.4. The summed E-state index contributed by atoms with van der Waals surface area (Å²) < 4.78 is 28.2. The molecule has 4 aromatic carbocycles. The summed E-state index contributed by atoms with van der Waals surface area (Å²) in [6.07, 6.45) is 1.91. The summed E-state index contributed by atoms with van der Waals surface area (Å²) in [4.78, 5) is 43.6. The van der Waals surface area contributed by atoms with Crippen molar-refractivity contribution in [1.82, 2.24) is 34.6 Å². The molecule has 13 nitrogen and oxygen atoms in total. The molecule has 15 heteroatoms. The molecule has 7 aromatic rings. The molecule has 0 aliphatic carbocycles. The van der Waals surface area contributed by atoms with Crippen LogP contribution in [0.3, 0.4) is 0 Å². The molecule has 1 fully saturated rings. The third kappa shape index (κ3) is 5.68. The molecule has 3 aromatic heterocycles. The molecule has 2 aliphatic rings. The highest BCUT2D eigenvalue weighted by Crippen LogP contribution is 2.60. The predicted molar refractivity (Wildman–Crippen MR) is 212 cm³/mol. The lowest BCUT2D eigenvalue weighted by atomic mass is 9.82. The number of benzene rings is 4. The number of halogens is 1. The lowest BCUT2D eigenvalue weighted by Gasteiger charge is -2.31. The molecular formula is C41H41FN8O5Si. The first-order valence-corrected chi connectivity index (χ1v) is 21.8. The number of aromatic amines is 2. The molecule has 4 atom stereocenters. The number of carbonyl (C=O) groups is 1. The minimum absolute atomic E-state index is 0.0485. The number of anilines is 1. The van der Waals surface area contributed by atoms with E-state index in [0.717, 1.165) is 11.1 Å². The number of para-hydroxylation sites is 2. The second-order valence-corrected chi connectivity index (χ2v) is 19.2. The maximum absolute atomic E-state index is 16.6. The van der Waals surface area contributed by atoms with Gasteiger partial charge in [0.1, 0.15) is 0 Å². The van der Waals surface area contributed by atoms with E-state index in [2.05, 4.69) is 20.5 Å². The number of nitrogens with zero attached hydrogens (tertiary/aromatic N) is 6. The Morgan fingerprint density at radius 3 is 2.12 bits per heavy atom. The third-order valence-corrected chi connectivity index (χ3v) is 14.0. The van der Waals surface area contributed by atoms with E-state index in [1.807, 2.05) is 79.7 Å². The molecule has 1 saturated heterocycles. The Balaban J connectivity index is 1.11. The fraction of sp³-hybridized carbons (Fsp3) is 0.293. The van der Waals surface area contributed by atoms with E-state index in [-0.39, 0.29) is 30.2 Å². The SMILES string of the molecule is C[C@H]1[C@H]([Si](C)(C)F)[C@@H](CCn2cc(CCO)nn2)O[C@]12C(=O)N(Cc1ccc(-n3[nH]c4ccccc4c3=O)cc1)c1ccc(-n3[nH]c4ccccc4c3=O)cc12. The number of aromatic nitrogens is 7. The number of nitrogens with one attached hydrogen (secondary N) is 2. The number of rotatable bonds is 10. The zero-order chi connectivity index (χ0) is 38.9. The monoisotopic (exact) mass is 772 g/mol. The highest BCUT2D eigenvalue weighted by molar-refractivity contribution is 6.72. The number of aliphatic hydroxyl groups excluding tert-OH is 1. The van der Waals surface area contributed by atoms with Crippen LogP contribution in [0, 0.1) is 5.92 Å². The molecule has 0 unspecified atom stereocenters. The maximum atomic E-state index is 16.6. The van der Waals surface area contributed by atoms with Crippen molar-refractivity contribution in [3.05, 3.63) is 135 Å². The van der Waals surface area contributed by atoms with Gasteiger partial charge in [-0.1, -0.05) is 48.5 Å². The van der Waals surface area contributed by atoms with Crippen LogP contribution >= 0.6 is 0 Å². The molecule has 3 N–H and O–H groups in total.